The Balaban J connectivity index is 1.76. The summed E-state index contributed by atoms with van der Waals surface area (Å²) in [5.41, 5.74) is 6.97. The van der Waals surface area contributed by atoms with E-state index in [1.54, 1.807) is 0 Å². The predicted molar refractivity (Wildman–Crippen MR) is 79.6 cm³/mol. The molecule has 1 aromatic rings. The number of benzene rings is 1. The van der Waals surface area contributed by atoms with Crippen molar-refractivity contribution in [2.24, 2.45) is 11.7 Å². The van der Waals surface area contributed by atoms with Crippen molar-refractivity contribution in [2.45, 2.75) is 38.6 Å². The highest BCUT2D eigenvalue weighted by Gasteiger charge is 2.27. The Morgan fingerprint density at radius 1 is 1.35 bits per heavy atom. The number of carbonyl (C=O) groups is 1. The normalized spacial score (nSPS) is 21.7. The molecule has 0 saturated heterocycles. The molecule has 0 aromatic heterocycles. The summed E-state index contributed by atoms with van der Waals surface area (Å²) in [4.78, 5) is 11.9. The number of nitrogens with one attached hydrogen (secondary N) is 1. The molecule has 0 radical (unpaired) electrons. The molecule has 3 N–H and O–H groups in total. The highest BCUT2D eigenvalue weighted by Crippen LogP contribution is 2.24. The number of aryl methyl sites for hydroxylation is 1. The van der Waals surface area contributed by atoms with Crippen molar-refractivity contribution in [1.29, 1.82) is 0 Å². The third kappa shape index (κ3) is 3.97. The molecule has 1 amide bonds. The second-order valence-electron chi connectivity index (χ2n) is 5.39. The number of carbonyl (C=O) groups excluding carboxylic acids is 1. The lowest BCUT2D eigenvalue weighted by Crippen LogP contribution is -2.42. The third-order valence-corrected chi connectivity index (χ3v) is 4.01. The van der Waals surface area contributed by atoms with Gasteiger partial charge in [0, 0.05) is 6.04 Å². The van der Waals surface area contributed by atoms with Crippen LogP contribution in [-0.2, 0) is 11.2 Å². The zero-order chi connectivity index (χ0) is 14.4. The van der Waals surface area contributed by atoms with Crippen LogP contribution < -0.4 is 15.8 Å². The molecule has 1 saturated carbocycles. The zero-order valence-electron chi connectivity index (χ0n) is 12.1. The van der Waals surface area contributed by atoms with Crippen LogP contribution in [0.4, 0.5) is 0 Å². The van der Waals surface area contributed by atoms with Crippen molar-refractivity contribution in [3.05, 3.63) is 29.8 Å². The van der Waals surface area contributed by atoms with Gasteiger partial charge in [0.05, 0.1) is 0 Å². The van der Waals surface area contributed by atoms with Gasteiger partial charge in [-0.15, -0.1) is 0 Å². The Hall–Kier alpha value is -1.55. The van der Waals surface area contributed by atoms with E-state index in [-0.39, 0.29) is 18.6 Å². The molecule has 1 aliphatic rings. The summed E-state index contributed by atoms with van der Waals surface area (Å²) in [6.07, 6.45) is 4.29. The molecule has 20 heavy (non-hydrogen) atoms. The van der Waals surface area contributed by atoms with Gasteiger partial charge in [-0.3, -0.25) is 4.79 Å². The minimum absolute atomic E-state index is 0.0603. The summed E-state index contributed by atoms with van der Waals surface area (Å²) >= 11 is 0. The molecule has 0 aliphatic heterocycles. The summed E-state index contributed by atoms with van der Waals surface area (Å²) in [7, 11) is 0. The fraction of sp³-hybridized carbons (Fsp3) is 0.562. The molecule has 110 valence electrons. The van der Waals surface area contributed by atoms with Crippen molar-refractivity contribution in [2.75, 3.05) is 13.2 Å². The summed E-state index contributed by atoms with van der Waals surface area (Å²) in [6, 6.07) is 8.08. The standard InChI is InChI=1S/C16H24N2O2/c1-2-12-6-8-14(9-7-12)20-11-16(19)18-15-5-3-4-13(15)10-17/h6-9,13,15H,2-5,10-11,17H2,1H3,(H,18,19). The maximum absolute atomic E-state index is 11.9. The van der Waals surface area contributed by atoms with Crippen LogP contribution in [0.1, 0.15) is 31.7 Å². The summed E-state index contributed by atoms with van der Waals surface area (Å²) in [6.45, 7) is 2.82. The van der Waals surface area contributed by atoms with Crippen molar-refractivity contribution >= 4 is 5.91 Å². The third-order valence-electron chi connectivity index (χ3n) is 4.01. The average molecular weight is 276 g/mol. The van der Waals surface area contributed by atoms with E-state index < -0.39 is 0 Å². The van der Waals surface area contributed by atoms with E-state index in [4.69, 9.17) is 10.5 Å². The Bertz CT molecular complexity index is 431. The van der Waals surface area contributed by atoms with Crippen LogP contribution in [0.25, 0.3) is 0 Å². The smallest absolute Gasteiger partial charge is 0.258 e. The number of hydrogen-bond donors (Lipinski definition) is 2. The Morgan fingerprint density at radius 2 is 2.10 bits per heavy atom. The molecule has 0 spiro atoms. The van der Waals surface area contributed by atoms with E-state index >= 15 is 0 Å². The number of hydrogen-bond acceptors (Lipinski definition) is 3. The average Bonchev–Trinajstić information content (AvgIpc) is 2.92. The first-order chi connectivity index (χ1) is 9.72. The van der Waals surface area contributed by atoms with Crippen LogP contribution in [0.5, 0.6) is 5.75 Å². The van der Waals surface area contributed by atoms with Crippen LogP contribution in [0.2, 0.25) is 0 Å². The minimum atomic E-state index is -0.0603. The highest BCUT2D eigenvalue weighted by atomic mass is 16.5. The quantitative estimate of drug-likeness (QED) is 0.833. The molecule has 2 rings (SSSR count). The highest BCUT2D eigenvalue weighted by molar-refractivity contribution is 5.77. The van der Waals surface area contributed by atoms with Crippen LogP contribution >= 0.6 is 0 Å². The van der Waals surface area contributed by atoms with Gasteiger partial charge in [0.25, 0.3) is 5.91 Å². The molecular weight excluding hydrogens is 252 g/mol. The molecule has 1 fully saturated rings. The summed E-state index contributed by atoms with van der Waals surface area (Å²) < 4.78 is 5.50. The monoisotopic (exact) mass is 276 g/mol. The summed E-state index contributed by atoms with van der Waals surface area (Å²) in [5.74, 6) is 1.09. The number of amides is 1. The van der Waals surface area contributed by atoms with Crippen molar-refractivity contribution < 1.29 is 9.53 Å². The SMILES string of the molecule is CCc1ccc(OCC(=O)NC2CCCC2CN)cc1. The first kappa shape index (κ1) is 14.9. The molecular formula is C16H24N2O2. The number of rotatable bonds is 6. The molecule has 0 bridgehead atoms. The molecule has 4 nitrogen and oxygen atoms in total. The van der Waals surface area contributed by atoms with E-state index in [9.17, 15) is 4.79 Å². The minimum Gasteiger partial charge on any atom is -0.484 e. The van der Waals surface area contributed by atoms with Gasteiger partial charge in [0.15, 0.2) is 6.61 Å². The Morgan fingerprint density at radius 3 is 2.75 bits per heavy atom. The van der Waals surface area contributed by atoms with E-state index in [1.165, 1.54) is 5.56 Å². The van der Waals surface area contributed by atoms with E-state index in [1.807, 2.05) is 24.3 Å². The zero-order valence-corrected chi connectivity index (χ0v) is 12.1. The van der Waals surface area contributed by atoms with Crippen LogP contribution in [-0.4, -0.2) is 25.1 Å². The lowest BCUT2D eigenvalue weighted by molar-refractivity contribution is -0.124. The molecule has 1 aliphatic carbocycles. The van der Waals surface area contributed by atoms with E-state index in [0.717, 1.165) is 31.4 Å². The molecule has 2 atom stereocenters. The molecule has 1 aromatic carbocycles. The fourth-order valence-electron chi connectivity index (χ4n) is 2.73. The first-order valence-electron chi connectivity index (χ1n) is 7.44. The first-order valence-corrected chi connectivity index (χ1v) is 7.44. The van der Waals surface area contributed by atoms with Gasteiger partial charge in [-0.05, 0) is 49.4 Å². The van der Waals surface area contributed by atoms with Gasteiger partial charge < -0.3 is 15.8 Å². The molecule has 0 heterocycles. The van der Waals surface area contributed by atoms with Crippen LogP contribution in [0.15, 0.2) is 24.3 Å². The van der Waals surface area contributed by atoms with Gasteiger partial charge in [0.1, 0.15) is 5.75 Å². The summed E-state index contributed by atoms with van der Waals surface area (Å²) in [5, 5.41) is 3.03. The molecule has 2 unspecified atom stereocenters. The number of nitrogens with two attached hydrogens (primary N) is 1. The van der Waals surface area contributed by atoms with Crippen molar-refractivity contribution in [3.63, 3.8) is 0 Å². The van der Waals surface area contributed by atoms with Crippen molar-refractivity contribution in [1.82, 2.24) is 5.32 Å². The lowest BCUT2D eigenvalue weighted by atomic mass is 10.0. The predicted octanol–water partition coefficient (Wildman–Crippen LogP) is 1.87. The van der Waals surface area contributed by atoms with Gasteiger partial charge in [-0.25, -0.2) is 0 Å². The van der Waals surface area contributed by atoms with Gasteiger partial charge in [-0.2, -0.15) is 0 Å². The van der Waals surface area contributed by atoms with E-state index in [0.29, 0.717) is 12.5 Å². The largest absolute Gasteiger partial charge is 0.484 e. The number of ether oxygens (including phenoxy) is 1. The Labute approximate surface area is 120 Å². The Kier molecular flexibility index (Phi) is 5.41. The maximum atomic E-state index is 11.9. The van der Waals surface area contributed by atoms with Gasteiger partial charge >= 0.3 is 0 Å². The second kappa shape index (κ2) is 7.29. The fourth-order valence-corrected chi connectivity index (χ4v) is 2.73. The maximum Gasteiger partial charge on any atom is 0.258 e. The van der Waals surface area contributed by atoms with Crippen LogP contribution in [0, 0.1) is 5.92 Å². The van der Waals surface area contributed by atoms with Crippen LogP contribution in [0.3, 0.4) is 0 Å². The van der Waals surface area contributed by atoms with Gasteiger partial charge in [-0.1, -0.05) is 25.5 Å². The second-order valence-corrected chi connectivity index (χ2v) is 5.39. The lowest BCUT2D eigenvalue weighted by Gasteiger charge is -2.19. The molecule has 4 heteroatoms. The topological polar surface area (TPSA) is 64.3 Å². The van der Waals surface area contributed by atoms with Crippen molar-refractivity contribution in [3.8, 4) is 5.75 Å². The van der Waals surface area contributed by atoms with E-state index in [2.05, 4.69) is 12.2 Å². The van der Waals surface area contributed by atoms with Gasteiger partial charge in [0.2, 0.25) is 0 Å².